The number of piperidine rings is 1. The molecular formula is C7H15N5O. The zero-order chi connectivity index (χ0) is 9.42. The molecule has 3 unspecified atom stereocenters. The Hall–Kier alpha value is -0.880. The van der Waals surface area contributed by atoms with Gasteiger partial charge in [0.2, 0.25) is 6.17 Å². The Morgan fingerprint density at radius 3 is 3.00 bits per heavy atom. The number of rotatable bonds is 1. The SMILES string of the molecule is CN(C)C1CCNC2C1NN=[N+]2[O-]. The molecule has 2 heterocycles. The number of fused-ring (bicyclic) bond motifs is 1. The minimum absolute atomic E-state index is 0.112. The van der Waals surface area contributed by atoms with Crippen LogP contribution >= 0.6 is 0 Å². The zero-order valence-electron chi connectivity index (χ0n) is 7.90. The van der Waals surface area contributed by atoms with Gasteiger partial charge in [-0.15, -0.1) is 4.86 Å². The molecule has 0 amide bonds. The molecule has 1 fully saturated rings. The Morgan fingerprint density at radius 1 is 1.54 bits per heavy atom. The van der Waals surface area contributed by atoms with Gasteiger partial charge in [-0.2, -0.15) is 5.43 Å². The van der Waals surface area contributed by atoms with Crippen LogP contribution in [0.4, 0.5) is 0 Å². The van der Waals surface area contributed by atoms with E-state index < -0.39 is 0 Å². The van der Waals surface area contributed by atoms with Crippen molar-refractivity contribution in [2.45, 2.75) is 24.7 Å². The summed E-state index contributed by atoms with van der Waals surface area (Å²) >= 11 is 0. The van der Waals surface area contributed by atoms with Crippen LogP contribution in [0.25, 0.3) is 0 Å². The summed E-state index contributed by atoms with van der Waals surface area (Å²) in [5.74, 6) is 0. The molecule has 0 saturated carbocycles. The fraction of sp³-hybridized carbons (Fsp3) is 1.00. The van der Waals surface area contributed by atoms with Crippen molar-refractivity contribution in [2.75, 3.05) is 20.6 Å². The molecule has 1 saturated heterocycles. The smallest absolute Gasteiger partial charge is 0.216 e. The van der Waals surface area contributed by atoms with Crippen molar-refractivity contribution < 1.29 is 4.86 Å². The first-order valence-corrected chi connectivity index (χ1v) is 4.52. The van der Waals surface area contributed by atoms with E-state index in [1.165, 1.54) is 0 Å². The molecule has 0 aliphatic carbocycles. The molecule has 0 aromatic heterocycles. The summed E-state index contributed by atoms with van der Waals surface area (Å²) < 4.78 is 0. The molecule has 3 atom stereocenters. The fourth-order valence-electron chi connectivity index (χ4n) is 2.03. The van der Waals surface area contributed by atoms with Crippen molar-refractivity contribution in [1.29, 1.82) is 0 Å². The van der Waals surface area contributed by atoms with Crippen LogP contribution in [-0.4, -0.2) is 48.7 Å². The van der Waals surface area contributed by atoms with E-state index in [1.54, 1.807) is 0 Å². The van der Waals surface area contributed by atoms with Gasteiger partial charge < -0.3 is 10.1 Å². The van der Waals surface area contributed by atoms with E-state index in [4.69, 9.17) is 0 Å². The molecular weight excluding hydrogens is 170 g/mol. The van der Waals surface area contributed by atoms with Crippen molar-refractivity contribution >= 4 is 0 Å². The Balaban J connectivity index is 2.10. The van der Waals surface area contributed by atoms with Gasteiger partial charge in [0.25, 0.3) is 0 Å². The first-order valence-electron chi connectivity index (χ1n) is 4.52. The number of nitrogens with zero attached hydrogens (tertiary/aromatic N) is 3. The highest BCUT2D eigenvalue weighted by molar-refractivity contribution is 4.91. The maximum atomic E-state index is 11.2. The van der Waals surface area contributed by atoms with E-state index in [1.807, 2.05) is 14.1 Å². The van der Waals surface area contributed by atoms with Crippen LogP contribution < -0.4 is 10.7 Å². The minimum Gasteiger partial charge on any atom is -0.694 e. The highest BCUT2D eigenvalue weighted by atomic mass is 16.5. The predicted octanol–water partition coefficient (Wildman–Crippen LogP) is -0.915. The summed E-state index contributed by atoms with van der Waals surface area (Å²) in [6, 6.07) is 0.496. The van der Waals surface area contributed by atoms with Crippen LogP contribution in [0.2, 0.25) is 0 Å². The van der Waals surface area contributed by atoms with Crippen LogP contribution in [0.5, 0.6) is 0 Å². The van der Waals surface area contributed by atoms with Gasteiger partial charge >= 0.3 is 0 Å². The van der Waals surface area contributed by atoms with Crippen LogP contribution in [0.3, 0.4) is 0 Å². The molecule has 0 aromatic rings. The second-order valence-corrected chi connectivity index (χ2v) is 3.78. The molecule has 6 nitrogen and oxygen atoms in total. The molecule has 0 bridgehead atoms. The van der Waals surface area contributed by atoms with Gasteiger partial charge in [0, 0.05) is 6.54 Å². The standard InChI is InChI=1S/C7H15N5O/c1-11(2)5-3-4-8-7-6(5)9-10-12(7)13/h5-9H,3-4H2,1-2H3. The monoisotopic (exact) mass is 185 g/mol. The predicted molar refractivity (Wildman–Crippen MR) is 46.9 cm³/mol. The summed E-state index contributed by atoms with van der Waals surface area (Å²) in [7, 11) is 4.06. The molecule has 2 rings (SSSR count). The number of hydroxylamine groups is 1. The van der Waals surface area contributed by atoms with Gasteiger partial charge in [-0.1, -0.05) is 0 Å². The van der Waals surface area contributed by atoms with Crippen LogP contribution in [0, 0.1) is 5.21 Å². The average Bonchev–Trinajstić information content (AvgIpc) is 2.48. The zero-order valence-corrected chi connectivity index (χ0v) is 7.90. The van der Waals surface area contributed by atoms with E-state index in [-0.39, 0.29) is 12.2 Å². The molecule has 0 aromatic carbocycles. The van der Waals surface area contributed by atoms with Gasteiger partial charge in [-0.05, 0) is 20.5 Å². The Labute approximate surface area is 77.2 Å². The third-order valence-corrected chi connectivity index (χ3v) is 2.75. The fourth-order valence-corrected chi connectivity index (χ4v) is 2.03. The quantitative estimate of drug-likeness (QED) is 0.410. The molecule has 0 spiro atoms. The number of nitrogens with one attached hydrogen (secondary N) is 2. The lowest BCUT2D eigenvalue weighted by Gasteiger charge is -2.34. The second-order valence-electron chi connectivity index (χ2n) is 3.78. The number of hydrogen-bond acceptors (Lipinski definition) is 5. The Kier molecular flexibility index (Phi) is 2.09. The van der Waals surface area contributed by atoms with Gasteiger partial charge in [0.05, 0.1) is 11.3 Å². The lowest BCUT2D eigenvalue weighted by Crippen LogP contribution is -2.60. The normalized spacial score (nSPS) is 38.4. The van der Waals surface area contributed by atoms with Crippen LogP contribution in [0.15, 0.2) is 5.22 Å². The molecule has 2 N–H and O–H groups in total. The number of hydrogen-bond donors (Lipinski definition) is 2. The van der Waals surface area contributed by atoms with E-state index in [9.17, 15) is 5.21 Å². The second kappa shape index (κ2) is 3.12. The Bertz CT molecular complexity index is 229. The van der Waals surface area contributed by atoms with Crippen LogP contribution in [-0.2, 0) is 0 Å². The topological polar surface area (TPSA) is 65.7 Å². The molecule has 2 aliphatic heterocycles. The lowest BCUT2D eigenvalue weighted by molar-refractivity contribution is -0.563. The summed E-state index contributed by atoms with van der Waals surface area (Å²) in [4.78, 5) is 2.86. The summed E-state index contributed by atoms with van der Waals surface area (Å²) in [6.07, 6.45) is 0.853. The highest BCUT2D eigenvalue weighted by Gasteiger charge is 2.44. The first kappa shape index (κ1) is 8.71. The van der Waals surface area contributed by atoms with Crippen molar-refractivity contribution in [1.82, 2.24) is 15.6 Å². The van der Waals surface area contributed by atoms with E-state index >= 15 is 0 Å². The third-order valence-electron chi connectivity index (χ3n) is 2.75. The summed E-state index contributed by atoms with van der Waals surface area (Å²) in [5, 5.41) is 18.0. The lowest BCUT2D eigenvalue weighted by atomic mass is 9.98. The van der Waals surface area contributed by atoms with Gasteiger partial charge in [-0.25, -0.2) is 0 Å². The van der Waals surface area contributed by atoms with Crippen LogP contribution in [0.1, 0.15) is 6.42 Å². The molecule has 6 heteroatoms. The maximum absolute atomic E-state index is 11.2. The van der Waals surface area contributed by atoms with Gasteiger partial charge in [-0.3, -0.25) is 5.32 Å². The van der Waals surface area contributed by atoms with Crippen molar-refractivity contribution in [3.63, 3.8) is 0 Å². The average molecular weight is 185 g/mol. The largest absolute Gasteiger partial charge is 0.694 e. The molecule has 0 radical (unpaired) electrons. The number of likely N-dealkylation sites (N-methyl/N-ethyl adjacent to an activating group) is 1. The minimum atomic E-state index is -0.193. The first-order chi connectivity index (χ1) is 6.20. The van der Waals surface area contributed by atoms with E-state index in [2.05, 4.69) is 20.9 Å². The van der Waals surface area contributed by atoms with Gasteiger partial charge in [0.1, 0.15) is 0 Å². The molecule has 2 aliphatic rings. The van der Waals surface area contributed by atoms with Gasteiger partial charge in [0.15, 0.2) is 6.04 Å². The Morgan fingerprint density at radius 2 is 2.31 bits per heavy atom. The van der Waals surface area contributed by atoms with E-state index in [0.717, 1.165) is 17.8 Å². The summed E-state index contributed by atoms with van der Waals surface area (Å²) in [5.41, 5.74) is 2.87. The third kappa shape index (κ3) is 1.36. The van der Waals surface area contributed by atoms with Crippen molar-refractivity contribution in [3.05, 3.63) is 5.21 Å². The highest BCUT2D eigenvalue weighted by Crippen LogP contribution is 2.18. The maximum Gasteiger partial charge on any atom is 0.216 e. The van der Waals surface area contributed by atoms with Crippen molar-refractivity contribution in [2.24, 2.45) is 5.22 Å². The van der Waals surface area contributed by atoms with E-state index in [0.29, 0.717) is 6.04 Å². The summed E-state index contributed by atoms with van der Waals surface area (Å²) in [6.45, 7) is 0.875. The molecule has 74 valence electrons. The molecule has 13 heavy (non-hydrogen) atoms. The van der Waals surface area contributed by atoms with Crippen molar-refractivity contribution in [3.8, 4) is 0 Å².